The molecule has 0 aliphatic carbocycles. The lowest BCUT2D eigenvalue weighted by Gasteiger charge is -2.39. The van der Waals surface area contributed by atoms with Gasteiger partial charge in [-0.15, -0.1) is 4.99 Å². The van der Waals surface area contributed by atoms with E-state index in [9.17, 15) is 29.4 Å². The van der Waals surface area contributed by atoms with Crippen LogP contribution in [0.3, 0.4) is 0 Å². The van der Waals surface area contributed by atoms with Crippen molar-refractivity contribution in [3.8, 4) is 11.5 Å². The molecule has 6 N–H and O–H groups in total. The summed E-state index contributed by atoms with van der Waals surface area (Å²) in [6, 6.07) is 9.03. The zero-order valence-electron chi connectivity index (χ0n) is 34.0. The first kappa shape index (κ1) is 45.5. The number of hydrogen-bond donors (Lipinski definition) is 5. The Balaban J connectivity index is 2.26. The lowest BCUT2D eigenvalue weighted by atomic mass is 9.72. The van der Waals surface area contributed by atoms with Crippen LogP contribution in [-0.4, -0.2) is 64.3 Å². The molecule has 2 aromatic carbocycles. The molecule has 0 aliphatic heterocycles. The minimum Gasteiger partial charge on any atom is -0.508 e. The van der Waals surface area contributed by atoms with E-state index in [0.29, 0.717) is 49.8 Å². The molecule has 0 spiro atoms. The Labute approximate surface area is 320 Å². The van der Waals surface area contributed by atoms with Crippen molar-refractivity contribution in [2.75, 3.05) is 6.54 Å². The lowest BCUT2D eigenvalue weighted by Crippen LogP contribution is -2.62. The van der Waals surface area contributed by atoms with Crippen LogP contribution in [0.4, 0.5) is 9.59 Å². The third-order valence-electron chi connectivity index (χ3n) is 8.27. The SMILES string of the molecule is Cc1cc(C[C@](CCCCCCNC(=NC(=O)OC(C)(C)C)NC(=O)OC(C)(C)C)(NC(=O)[C@@H](N)Cc2ccc(O)cc2)C(=O)C(C)(C)C)cc(C)c1[O]. The summed E-state index contributed by atoms with van der Waals surface area (Å²) in [5, 5.41) is 30.8. The van der Waals surface area contributed by atoms with Gasteiger partial charge in [0.25, 0.3) is 0 Å². The average molecular weight is 753 g/mol. The standard InChI is InChI=1S/C41H62N5O8/c1-26-22-29(23-27(2)32(26)48)25-41(34(50)38(3,4)5,46-33(49)31(42)24-28-16-18-30(47)19-17-28)20-14-12-13-15-21-43-35(44-36(51)53-39(6,7)8)45-37(52)54-40(9,10)11/h16-19,22-23,31,47H,12-15,20-21,24-25,42H2,1-11H3,(H,46,49)(H2,43,44,45,51,52)/t31-,41-/m0/s1. The van der Waals surface area contributed by atoms with Gasteiger partial charge in [-0.25, -0.2) is 9.59 Å². The van der Waals surface area contributed by atoms with Crippen LogP contribution in [0.2, 0.25) is 0 Å². The molecule has 13 nitrogen and oxygen atoms in total. The molecule has 0 unspecified atom stereocenters. The molecule has 2 rings (SSSR count). The third kappa shape index (κ3) is 15.8. The second-order valence-corrected chi connectivity index (χ2v) is 17.0. The summed E-state index contributed by atoms with van der Waals surface area (Å²) in [6.07, 6.45) is 1.62. The van der Waals surface area contributed by atoms with Crippen molar-refractivity contribution in [3.05, 3.63) is 58.7 Å². The number of nitrogens with one attached hydrogen (secondary N) is 3. The van der Waals surface area contributed by atoms with Gasteiger partial charge in [-0.05, 0) is 109 Å². The van der Waals surface area contributed by atoms with Crippen molar-refractivity contribution in [1.29, 1.82) is 0 Å². The van der Waals surface area contributed by atoms with Gasteiger partial charge < -0.3 is 30.9 Å². The Hall–Kier alpha value is -4.65. The van der Waals surface area contributed by atoms with Crippen LogP contribution in [0.5, 0.6) is 11.5 Å². The first-order valence-corrected chi connectivity index (χ1v) is 18.5. The number of hydrogen-bond acceptors (Lipinski definition) is 8. The normalized spacial score (nSPS) is 14.0. The average Bonchev–Trinajstić information content (AvgIpc) is 3.01. The first-order valence-electron chi connectivity index (χ1n) is 18.5. The van der Waals surface area contributed by atoms with Crippen molar-refractivity contribution in [2.24, 2.45) is 16.1 Å². The molecule has 0 saturated carbocycles. The van der Waals surface area contributed by atoms with Gasteiger partial charge in [0.05, 0.1) is 6.04 Å². The van der Waals surface area contributed by atoms with Crippen molar-refractivity contribution < 1.29 is 38.9 Å². The smallest absolute Gasteiger partial charge is 0.437 e. The van der Waals surface area contributed by atoms with Crippen molar-refractivity contribution in [2.45, 2.75) is 144 Å². The van der Waals surface area contributed by atoms with Crippen LogP contribution >= 0.6 is 0 Å². The van der Waals surface area contributed by atoms with E-state index < -0.39 is 46.3 Å². The highest BCUT2D eigenvalue weighted by Gasteiger charge is 2.45. The zero-order valence-corrected chi connectivity index (χ0v) is 34.0. The zero-order chi connectivity index (χ0) is 41.1. The molecule has 2 atom stereocenters. The molecule has 3 amide bonds. The molecular formula is C41H62N5O8. The molecule has 0 saturated heterocycles. The van der Waals surface area contributed by atoms with Gasteiger partial charge in [0.15, 0.2) is 11.5 Å². The lowest BCUT2D eigenvalue weighted by molar-refractivity contribution is -0.138. The Morgan fingerprint density at radius 2 is 1.37 bits per heavy atom. The molecule has 0 aromatic heterocycles. The van der Waals surface area contributed by atoms with Crippen LogP contribution in [0.15, 0.2) is 41.4 Å². The Kier molecular flexibility index (Phi) is 16.1. The third-order valence-corrected chi connectivity index (χ3v) is 8.27. The summed E-state index contributed by atoms with van der Waals surface area (Å²) in [5.74, 6) is -0.702. The van der Waals surface area contributed by atoms with Crippen LogP contribution in [0, 0.1) is 19.3 Å². The number of phenolic OH excluding ortho intramolecular Hbond substituents is 1. The van der Waals surface area contributed by atoms with Gasteiger partial charge in [-0.2, -0.15) is 0 Å². The first-order chi connectivity index (χ1) is 24.8. The monoisotopic (exact) mass is 752 g/mol. The van der Waals surface area contributed by atoms with E-state index in [0.717, 1.165) is 11.1 Å². The van der Waals surface area contributed by atoms with Gasteiger partial charge in [0.1, 0.15) is 22.5 Å². The molecule has 1 radical (unpaired) electrons. The predicted molar refractivity (Wildman–Crippen MR) is 209 cm³/mol. The van der Waals surface area contributed by atoms with Gasteiger partial charge >= 0.3 is 12.2 Å². The van der Waals surface area contributed by atoms with E-state index in [2.05, 4.69) is 20.9 Å². The topological polar surface area (TPSA) is 201 Å². The molecule has 0 bridgehead atoms. The molecule has 0 aliphatic rings. The summed E-state index contributed by atoms with van der Waals surface area (Å²) < 4.78 is 10.6. The fraction of sp³-hybridized carbons (Fsp3) is 0.585. The van der Waals surface area contributed by atoms with E-state index in [1.54, 1.807) is 79.7 Å². The number of ether oxygens (including phenoxy) is 2. The highest BCUT2D eigenvalue weighted by Crippen LogP contribution is 2.33. The minimum atomic E-state index is -1.33. The van der Waals surface area contributed by atoms with E-state index in [4.69, 9.17) is 15.2 Å². The largest absolute Gasteiger partial charge is 0.508 e. The molecule has 13 heteroatoms. The maximum Gasteiger partial charge on any atom is 0.437 e. The number of phenols is 1. The Morgan fingerprint density at radius 3 is 1.91 bits per heavy atom. The highest BCUT2D eigenvalue weighted by molar-refractivity contribution is 5.99. The Bertz CT molecular complexity index is 1610. The number of guanidine groups is 1. The van der Waals surface area contributed by atoms with Gasteiger partial charge in [0.2, 0.25) is 11.9 Å². The van der Waals surface area contributed by atoms with Gasteiger partial charge in [-0.3, -0.25) is 20.0 Å². The number of alkyl carbamates (subject to hydrolysis) is 1. The van der Waals surface area contributed by atoms with Crippen molar-refractivity contribution in [3.63, 3.8) is 0 Å². The molecule has 0 heterocycles. The summed E-state index contributed by atoms with van der Waals surface area (Å²) in [5.41, 5.74) is 5.34. The number of ketones is 1. The van der Waals surface area contributed by atoms with E-state index in [1.165, 1.54) is 12.1 Å². The van der Waals surface area contributed by atoms with Gasteiger partial charge in [0, 0.05) is 18.4 Å². The predicted octanol–water partition coefficient (Wildman–Crippen LogP) is 7.09. The fourth-order valence-corrected chi connectivity index (χ4v) is 5.96. The number of benzene rings is 2. The number of aromatic hydroxyl groups is 1. The van der Waals surface area contributed by atoms with E-state index in [-0.39, 0.29) is 36.1 Å². The van der Waals surface area contributed by atoms with Crippen LogP contribution in [0.25, 0.3) is 0 Å². The number of nitrogens with two attached hydrogens (primary N) is 1. The Morgan fingerprint density at radius 1 is 0.815 bits per heavy atom. The summed E-state index contributed by atoms with van der Waals surface area (Å²) >= 11 is 0. The number of nitrogens with zero attached hydrogens (tertiary/aromatic N) is 1. The molecule has 299 valence electrons. The van der Waals surface area contributed by atoms with Crippen molar-refractivity contribution in [1.82, 2.24) is 16.0 Å². The number of aryl methyl sites for hydroxylation is 2. The maximum absolute atomic E-state index is 14.4. The van der Waals surface area contributed by atoms with E-state index in [1.807, 2.05) is 20.8 Å². The number of Topliss-reactive ketones (excluding diaryl/α,β-unsaturated/α-hetero) is 1. The van der Waals surface area contributed by atoms with E-state index >= 15 is 0 Å². The number of rotatable bonds is 14. The number of unbranched alkanes of at least 4 members (excludes halogenated alkanes) is 3. The fourth-order valence-electron chi connectivity index (χ4n) is 5.96. The summed E-state index contributed by atoms with van der Waals surface area (Å²) in [4.78, 5) is 57.0. The summed E-state index contributed by atoms with van der Waals surface area (Å²) in [6.45, 7) is 19.6. The number of carbonyl (C=O) groups is 4. The highest BCUT2D eigenvalue weighted by atomic mass is 16.6. The maximum atomic E-state index is 14.4. The van der Waals surface area contributed by atoms with Crippen molar-refractivity contribution >= 4 is 29.8 Å². The molecule has 2 aromatic rings. The van der Waals surface area contributed by atoms with Crippen LogP contribution < -0.4 is 21.7 Å². The van der Waals surface area contributed by atoms with Crippen LogP contribution in [-0.2, 0) is 37.0 Å². The second-order valence-electron chi connectivity index (χ2n) is 17.0. The number of amides is 3. The molecular weight excluding hydrogens is 690 g/mol. The molecule has 54 heavy (non-hydrogen) atoms. The second kappa shape index (κ2) is 19.1. The molecule has 0 fully saturated rings. The summed E-state index contributed by atoms with van der Waals surface area (Å²) in [7, 11) is 0. The number of carbonyl (C=O) groups excluding carboxylic acids is 4. The minimum absolute atomic E-state index is 0.0688. The quantitative estimate of drug-likeness (QED) is 0.0759. The van der Waals surface area contributed by atoms with Gasteiger partial charge in [-0.1, -0.05) is 64.3 Å². The van der Waals surface area contributed by atoms with Crippen LogP contribution in [0.1, 0.15) is 117 Å². The number of aliphatic imine (C=N–C) groups is 1.